The van der Waals surface area contributed by atoms with E-state index in [1.807, 2.05) is 0 Å². The van der Waals surface area contributed by atoms with Crippen LogP contribution in [0.4, 0.5) is 0 Å². The molecule has 0 saturated carbocycles. The maximum atomic E-state index is 8.63. The Labute approximate surface area is 95.3 Å². The number of hydrogen-bond donors (Lipinski definition) is 0. The van der Waals surface area contributed by atoms with E-state index >= 15 is 0 Å². The zero-order valence-corrected chi connectivity index (χ0v) is 10.8. The van der Waals surface area contributed by atoms with Crippen LogP contribution in [-0.2, 0) is 0 Å². The average Bonchev–Trinajstić information content (AvgIpc) is 2.12. The number of halogens is 1. The molecule has 0 N–H and O–H groups in total. The van der Waals surface area contributed by atoms with Crippen LogP contribution >= 0.6 is 15.9 Å². The average molecular weight is 256 g/mol. The van der Waals surface area contributed by atoms with E-state index < -0.39 is 0 Å². The van der Waals surface area contributed by atoms with Crippen LogP contribution in [0.2, 0.25) is 0 Å². The summed E-state index contributed by atoms with van der Waals surface area (Å²) in [6, 6.07) is 2.24. The molecule has 1 aliphatic carbocycles. The van der Waals surface area contributed by atoms with Gasteiger partial charge in [0.1, 0.15) is 0 Å². The van der Waals surface area contributed by atoms with Gasteiger partial charge in [-0.3, -0.25) is 0 Å². The maximum absolute atomic E-state index is 8.63. The van der Waals surface area contributed by atoms with Crippen molar-refractivity contribution < 1.29 is 0 Å². The number of rotatable bonds is 2. The lowest BCUT2D eigenvalue weighted by atomic mass is 9.71. The third-order valence-corrected chi connectivity index (χ3v) is 4.94. The van der Waals surface area contributed by atoms with Gasteiger partial charge in [0.05, 0.1) is 6.07 Å². The van der Waals surface area contributed by atoms with Crippen molar-refractivity contribution in [3.63, 3.8) is 0 Å². The SMILES string of the molecule is CC1=C(CCC#N)C(C)(C)C(Br)CC1. The summed E-state index contributed by atoms with van der Waals surface area (Å²) >= 11 is 3.75. The van der Waals surface area contributed by atoms with Crippen molar-refractivity contribution in [3.8, 4) is 6.07 Å². The Morgan fingerprint density at radius 2 is 2.21 bits per heavy atom. The molecule has 1 aliphatic rings. The van der Waals surface area contributed by atoms with Crippen molar-refractivity contribution in [2.75, 3.05) is 0 Å². The van der Waals surface area contributed by atoms with Gasteiger partial charge >= 0.3 is 0 Å². The lowest BCUT2D eigenvalue weighted by molar-refractivity contribution is 0.374. The Balaban J connectivity index is 2.90. The van der Waals surface area contributed by atoms with E-state index in [0.29, 0.717) is 11.2 Å². The first-order valence-corrected chi connectivity index (χ1v) is 6.12. The zero-order valence-electron chi connectivity index (χ0n) is 9.23. The van der Waals surface area contributed by atoms with Gasteiger partial charge in [-0.05, 0) is 31.6 Å². The topological polar surface area (TPSA) is 23.8 Å². The molecule has 0 aromatic carbocycles. The number of nitrogens with zero attached hydrogens (tertiary/aromatic N) is 1. The molecule has 0 aromatic heterocycles. The highest BCUT2D eigenvalue weighted by molar-refractivity contribution is 9.09. The summed E-state index contributed by atoms with van der Waals surface area (Å²) in [5, 5.41) is 8.63. The summed E-state index contributed by atoms with van der Waals surface area (Å²) < 4.78 is 0. The summed E-state index contributed by atoms with van der Waals surface area (Å²) in [6.45, 7) is 6.77. The van der Waals surface area contributed by atoms with Crippen LogP contribution in [0, 0.1) is 16.7 Å². The second-order valence-corrected chi connectivity index (χ2v) is 5.75. The molecule has 0 spiro atoms. The third kappa shape index (κ3) is 2.20. The first kappa shape index (κ1) is 11.8. The van der Waals surface area contributed by atoms with Crippen molar-refractivity contribution >= 4 is 15.9 Å². The molecule has 1 atom stereocenters. The van der Waals surface area contributed by atoms with E-state index in [2.05, 4.69) is 42.8 Å². The van der Waals surface area contributed by atoms with Crippen molar-refractivity contribution in [1.82, 2.24) is 0 Å². The van der Waals surface area contributed by atoms with Gasteiger partial charge in [-0.25, -0.2) is 0 Å². The van der Waals surface area contributed by atoms with Crippen LogP contribution in [0.3, 0.4) is 0 Å². The van der Waals surface area contributed by atoms with Gasteiger partial charge in [0.25, 0.3) is 0 Å². The molecule has 0 amide bonds. The minimum absolute atomic E-state index is 0.221. The number of alkyl halides is 1. The first-order valence-electron chi connectivity index (χ1n) is 5.20. The summed E-state index contributed by atoms with van der Waals surface area (Å²) in [5.74, 6) is 0. The fourth-order valence-corrected chi connectivity index (χ4v) is 2.82. The number of allylic oxidation sites excluding steroid dienone is 2. The molecule has 0 saturated heterocycles. The van der Waals surface area contributed by atoms with Crippen molar-refractivity contribution in [2.45, 2.75) is 51.3 Å². The van der Waals surface area contributed by atoms with Gasteiger partial charge in [0.2, 0.25) is 0 Å². The lowest BCUT2D eigenvalue weighted by Crippen LogP contribution is -2.31. The predicted octanol–water partition coefficient (Wildman–Crippen LogP) is 4.19. The van der Waals surface area contributed by atoms with Gasteiger partial charge in [0.15, 0.2) is 0 Å². The van der Waals surface area contributed by atoms with Gasteiger partial charge in [-0.2, -0.15) is 5.26 Å². The van der Waals surface area contributed by atoms with Crippen LogP contribution in [0.5, 0.6) is 0 Å². The zero-order chi connectivity index (χ0) is 10.8. The quantitative estimate of drug-likeness (QED) is 0.536. The number of hydrogen-bond acceptors (Lipinski definition) is 1. The summed E-state index contributed by atoms with van der Waals surface area (Å²) in [4.78, 5) is 0.562. The molecule has 0 aliphatic heterocycles. The smallest absolute Gasteiger partial charge is 0.0625 e. The van der Waals surface area contributed by atoms with Gasteiger partial charge in [-0.15, -0.1) is 0 Å². The molecule has 2 heteroatoms. The second kappa shape index (κ2) is 4.49. The molecule has 0 bridgehead atoms. The molecule has 0 heterocycles. The van der Waals surface area contributed by atoms with E-state index in [0.717, 1.165) is 6.42 Å². The summed E-state index contributed by atoms with van der Waals surface area (Å²) in [7, 11) is 0. The Kier molecular flexibility index (Phi) is 3.78. The fraction of sp³-hybridized carbons (Fsp3) is 0.750. The van der Waals surface area contributed by atoms with Crippen LogP contribution in [0.15, 0.2) is 11.1 Å². The van der Waals surface area contributed by atoms with E-state index in [-0.39, 0.29) is 5.41 Å². The van der Waals surface area contributed by atoms with Crippen LogP contribution in [0.25, 0.3) is 0 Å². The Hall–Kier alpha value is -0.290. The second-order valence-electron chi connectivity index (χ2n) is 4.64. The van der Waals surface area contributed by atoms with Gasteiger partial charge in [0, 0.05) is 11.2 Å². The fourth-order valence-electron chi connectivity index (χ4n) is 2.31. The largest absolute Gasteiger partial charge is 0.198 e. The van der Waals surface area contributed by atoms with Gasteiger partial charge < -0.3 is 0 Å². The van der Waals surface area contributed by atoms with E-state index in [1.165, 1.54) is 24.0 Å². The third-order valence-electron chi connectivity index (χ3n) is 3.34. The van der Waals surface area contributed by atoms with E-state index in [4.69, 9.17) is 5.26 Å². The van der Waals surface area contributed by atoms with E-state index in [9.17, 15) is 0 Å². The maximum Gasteiger partial charge on any atom is 0.0625 e. The highest BCUT2D eigenvalue weighted by atomic mass is 79.9. The molecule has 14 heavy (non-hydrogen) atoms. The molecule has 1 nitrogen and oxygen atoms in total. The molecule has 0 radical (unpaired) electrons. The molecule has 0 aromatic rings. The minimum Gasteiger partial charge on any atom is -0.198 e. The van der Waals surface area contributed by atoms with Crippen LogP contribution in [-0.4, -0.2) is 4.83 Å². The highest BCUT2D eigenvalue weighted by Gasteiger charge is 2.35. The Bertz CT molecular complexity index is 283. The monoisotopic (exact) mass is 255 g/mol. The molecule has 0 fully saturated rings. The van der Waals surface area contributed by atoms with E-state index in [1.54, 1.807) is 0 Å². The first-order chi connectivity index (χ1) is 6.50. The Morgan fingerprint density at radius 3 is 2.79 bits per heavy atom. The molecule has 1 rings (SSSR count). The lowest BCUT2D eigenvalue weighted by Gasteiger charge is -2.39. The van der Waals surface area contributed by atoms with Crippen molar-refractivity contribution in [1.29, 1.82) is 5.26 Å². The van der Waals surface area contributed by atoms with Gasteiger partial charge in [-0.1, -0.05) is 40.9 Å². The van der Waals surface area contributed by atoms with Crippen molar-refractivity contribution in [2.24, 2.45) is 5.41 Å². The summed E-state index contributed by atoms with van der Waals surface area (Å²) in [5.41, 5.74) is 3.22. The van der Waals surface area contributed by atoms with Crippen molar-refractivity contribution in [3.05, 3.63) is 11.1 Å². The molecule has 78 valence electrons. The number of nitriles is 1. The Morgan fingerprint density at radius 1 is 1.57 bits per heavy atom. The predicted molar refractivity (Wildman–Crippen MR) is 63.3 cm³/mol. The molecule has 1 unspecified atom stereocenters. The molecular formula is C12H18BrN. The molecular weight excluding hydrogens is 238 g/mol. The normalized spacial score (nSPS) is 26.1. The van der Waals surface area contributed by atoms with Crippen LogP contribution < -0.4 is 0 Å². The highest BCUT2D eigenvalue weighted by Crippen LogP contribution is 2.45. The standard InChI is InChI=1S/C12H18BrN/c1-9-6-7-11(13)12(2,3)10(9)5-4-8-14/h11H,4-7H2,1-3H3. The minimum atomic E-state index is 0.221. The van der Waals surface area contributed by atoms with Crippen LogP contribution in [0.1, 0.15) is 46.5 Å². The summed E-state index contributed by atoms with van der Waals surface area (Å²) in [6.07, 6.45) is 3.99.